The van der Waals surface area contributed by atoms with Gasteiger partial charge in [0.15, 0.2) is 11.2 Å². The maximum Gasteiger partial charge on any atom is 0.330 e. The van der Waals surface area contributed by atoms with Gasteiger partial charge in [-0.2, -0.15) is 0 Å². The van der Waals surface area contributed by atoms with E-state index in [-0.39, 0.29) is 17.3 Å². The van der Waals surface area contributed by atoms with E-state index in [0.29, 0.717) is 30.8 Å². The number of nitrogens with zero attached hydrogens (tertiary/aromatic N) is 4. The van der Waals surface area contributed by atoms with E-state index in [1.807, 2.05) is 11.5 Å². The van der Waals surface area contributed by atoms with E-state index in [2.05, 4.69) is 61.8 Å². The number of aryl methyl sites for hydroxylation is 3. The second-order valence-corrected chi connectivity index (χ2v) is 7.77. The Morgan fingerprint density at radius 2 is 1.79 bits per heavy atom. The molecule has 0 unspecified atom stereocenters. The molecule has 0 bridgehead atoms. The zero-order valence-corrected chi connectivity index (χ0v) is 18.0. The number of aromatic nitrogens is 4. The molecule has 0 aliphatic carbocycles. The molecule has 3 aromatic rings. The third kappa shape index (κ3) is 4.13. The summed E-state index contributed by atoms with van der Waals surface area (Å²) in [5, 5.41) is 0. The second-order valence-electron chi connectivity index (χ2n) is 7.77. The number of unbranched alkanes of at least 4 members (excludes halogenated alkanes) is 1. The summed E-state index contributed by atoms with van der Waals surface area (Å²) in [4.78, 5) is 34.5. The van der Waals surface area contributed by atoms with Gasteiger partial charge in [0.25, 0.3) is 5.56 Å². The highest BCUT2D eigenvalue weighted by Crippen LogP contribution is 2.22. The van der Waals surface area contributed by atoms with Gasteiger partial charge < -0.3 is 9.47 Å². The maximum absolute atomic E-state index is 12.6. The Hall–Kier alpha value is -2.83. The van der Waals surface area contributed by atoms with E-state index >= 15 is 0 Å². The van der Waals surface area contributed by atoms with Crippen LogP contribution in [0.3, 0.4) is 0 Å². The van der Waals surface area contributed by atoms with Crippen LogP contribution in [0.1, 0.15) is 51.9 Å². The fourth-order valence-electron chi connectivity index (χ4n) is 3.66. The van der Waals surface area contributed by atoms with Crippen molar-refractivity contribution in [1.29, 1.82) is 0 Å². The fourth-order valence-corrected chi connectivity index (χ4v) is 3.66. The van der Waals surface area contributed by atoms with Crippen LogP contribution >= 0.6 is 0 Å². The van der Waals surface area contributed by atoms with Crippen LogP contribution in [0.5, 0.6) is 0 Å². The van der Waals surface area contributed by atoms with E-state index in [1.165, 1.54) is 5.56 Å². The Labute approximate surface area is 171 Å². The van der Waals surface area contributed by atoms with Gasteiger partial charge in [-0.15, -0.1) is 0 Å². The Kier molecular flexibility index (Phi) is 6.25. The third-order valence-electron chi connectivity index (χ3n) is 5.32. The predicted octanol–water partition coefficient (Wildman–Crippen LogP) is 3.43. The number of rotatable bonds is 8. The van der Waals surface area contributed by atoms with Gasteiger partial charge in [0, 0.05) is 24.8 Å². The van der Waals surface area contributed by atoms with Crippen molar-refractivity contribution in [3.05, 3.63) is 56.5 Å². The summed E-state index contributed by atoms with van der Waals surface area (Å²) in [5.41, 5.74) is 2.53. The fraction of sp³-hybridized carbons (Fsp3) is 0.500. The lowest BCUT2D eigenvalue weighted by molar-refractivity contribution is 0.612. The number of benzene rings is 1. The monoisotopic (exact) mass is 397 g/mol. The van der Waals surface area contributed by atoms with Gasteiger partial charge in [-0.05, 0) is 46.2 Å². The SMILES string of the molecule is CCCCn1c(=O)[nH]c(=O)c2c1nc(CN(c1ccc(C)cc1)C(C)C)n2CC. The molecule has 29 heavy (non-hydrogen) atoms. The van der Waals surface area contributed by atoms with Gasteiger partial charge in [0.1, 0.15) is 5.82 Å². The van der Waals surface area contributed by atoms with Gasteiger partial charge in [0.05, 0.1) is 6.54 Å². The minimum atomic E-state index is -0.387. The van der Waals surface area contributed by atoms with Crippen molar-refractivity contribution >= 4 is 16.9 Å². The number of anilines is 1. The van der Waals surface area contributed by atoms with E-state index < -0.39 is 0 Å². The molecule has 0 radical (unpaired) electrons. The van der Waals surface area contributed by atoms with Crippen molar-refractivity contribution in [3.63, 3.8) is 0 Å². The van der Waals surface area contributed by atoms with Crippen molar-refractivity contribution in [2.45, 2.75) is 73.1 Å². The van der Waals surface area contributed by atoms with Crippen LogP contribution in [0.4, 0.5) is 5.69 Å². The van der Waals surface area contributed by atoms with Crippen LogP contribution in [0.15, 0.2) is 33.9 Å². The molecule has 2 heterocycles. The molecule has 7 nitrogen and oxygen atoms in total. The molecule has 0 saturated heterocycles. The van der Waals surface area contributed by atoms with Crippen molar-refractivity contribution in [2.24, 2.45) is 0 Å². The highest BCUT2D eigenvalue weighted by molar-refractivity contribution is 5.71. The Bertz CT molecular complexity index is 1090. The van der Waals surface area contributed by atoms with Gasteiger partial charge in [-0.25, -0.2) is 9.78 Å². The van der Waals surface area contributed by atoms with Crippen LogP contribution < -0.4 is 16.1 Å². The molecule has 1 aromatic carbocycles. The average molecular weight is 398 g/mol. The maximum atomic E-state index is 12.6. The third-order valence-corrected chi connectivity index (χ3v) is 5.32. The minimum absolute atomic E-state index is 0.253. The Balaban J connectivity index is 2.13. The average Bonchev–Trinajstić information content (AvgIpc) is 3.05. The van der Waals surface area contributed by atoms with Crippen molar-refractivity contribution in [2.75, 3.05) is 4.90 Å². The van der Waals surface area contributed by atoms with Crippen molar-refractivity contribution in [3.8, 4) is 0 Å². The number of hydrogen-bond donors (Lipinski definition) is 1. The zero-order valence-electron chi connectivity index (χ0n) is 18.0. The molecule has 0 spiro atoms. The number of aromatic amines is 1. The molecule has 1 N–H and O–H groups in total. The lowest BCUT2D eigenvalue weighted by Gasteiger charge is -2.29. The molecule has 3 rings (SSSR count). The molecule has 0 fully saturated rings. The Morgan fingerprint density at radius 1 is 1.10 bits per heavy atom. The molecular weight excluding hydrogens is 366 g/mol. The number of hydrogen-bond acceptors (Lipinski definition) is 4. The second kappa shape index (κ2) is 8.68. The van der Waals surface area contributed by atoms with Gasteiger partial charge in [-0.3, -0.25) is 14.3 Å². The van der Waals surface area contributed by atoms with Gasteiger partial charge >= 0.3 is 5.69 Å². The van der Waals surface area contributed by atoms with Crippen LogP contribution in [0.25, 0.3) is 11.2 Å². The van der Waals surface area contributed by atoms with Crippen LogP contribution in [0, 0.1) is 6.92 Å². The number of nitrogens with one attached hydrogen (secondary N) is 1. The largest absolute Gasteiger partial charge is 0.362 e. The highest BCUT2D eigenvalue weighted by atomic mass is 16.2. The van der Waals surface area contributed by atoms with Crippen molar-refractivity contribution < 1.29 is 0 Å². The first-order valence-electron chi connectivity index (χ1n) is 10.4. The number of imidazole rings is 1. The normalized spacial score (nSPS) is 11.5. The highest BCUT2D eigenvalue weighted by Gasteiger charge is 2.20. The first-order chi connectivity index (χ1) is 13.9. The molecule has 0 atom stereocenters. The van der Waals surface area contributed by atoms with Crippen LogP contribution in [-0.4, -0.2) is 25.1 Å². The van der Waals surface area contributed by atoms with Crippen LogP contribution in [-0.2, 0) is 19.6 Å². The van der Waals surface area contributed by atoms with Crippen LogP contribution in [0.2, 0.25) is 0 Å². The summed E-state index contributed by atoms with van der Waals surface area (Å²) >= 11 is 0. The summed E-state index contributed by atoms with van der Waals surface area (Å²) in [6, 6.07) is 8.67. The first kappa shape index (κ1) is 20.9. The molecular formula is C22H31N5O2. The summed E-state index contributed by atoms with van der Waals surface area (Å²) in [6.07, 6.45) is 1.82. The number of fused-ring (bicyclic) bond motifs is 1. The standard InChI is InChI=1S/C22H31N5O2/c1-6-8-13-26-20-19(21(28)24-22(26)29)25(7-2)18(23-20)14-27(15(3)4)17-11-9-16(5)10-12-17/h9-12,15H,6-8,13-14H2,1-5H3,(H,24,28,29). The lowest BCUT2D eigenvalue weighted by Crippen LogP contribution is -2.32. The molecule has 7 heteroatoms. The molecule has 156 valence electrons. The number of H-pyrrole nitrogens is 1. The smallest absolute Gasteiger partial charge is 0.330 e. The summed E-state index contributed by atoms with van der Waals surface area (Å²) < 4.78 is 3.53. The van der Waals surface area contributed by atoms with Gasteiger partial charge in [-0.1, -0.05) is 31.0 Å². The molecule has 0 amide bonds. The van der Waals surface area contributed by atoms with Crippen molar-refractivity contribution in [1.82, 2.24) is 19.1 Å². The van der Waals surface area contributed by atoms with E-state index in [1.54, 1.807) is 4.57 Å². The summed E-state index contributed by atoms with van der Waals surface area (Å²) in [7, 11) is 0. The topological polar surface area (TPSA) is 75.9 Å². The Morgan fingerprint density at radius 3 is 2.38 bits per heavy atom. The quantitative estimate of drug-likeness (QED) is 0.632. The van der Waals surface area contributed by atoms with E-state index in [0.717, 1.165) is 24.4 Å². The summed E-state index contributed by atoms with van der Waals surface area (Å²) in [5.74, 6) is 0.790. The molecule has 0 saturated carbocycles. The first-order valence-corrected chi connectivity index (χ1v) is 10.4. The van der Waals surface area contributed by atoms with Gasteiger partial charge in [0.2, 0.25) is 0 Å². The lowest BCUT2D eigenvalue weighted by atomic mass is 10.2. The van der Waals surface area contributed by atoms with E-state index in [4.69, 9.17) is 4.98 Å². The summed E-state index contributed by atoms with van der Waals surface area (Å²) in [6.45, 7) is 12.1. The predicted molar refractivity (Wildman–Crippen MR) is 118 cm³/mol. The molecule has 0 aliphatic rings. The van der Waals surface area contributed by atoms with E-state index in [9.17, 15) is 9.59 Å². The molecule has 0 aliphatic heterocycles. The molecule has 2 aromatic heterocycles. The zero-order chi connectivity index (χ0) is 21.1. The minimum Gasteiger partial charge on any atom is -0.362 e.